The Kier molecular flexibility index (Phi) is 7.52. The van der Waals surface area contributed by atoms with Gasteiger partial charge < -0.3 is 19.5 Å². The monoisotopic (exact) mass is 546 g/mol. The standard InChI is InChI=1S/C30H27ClN2O6/c1-19-13-15-22(16-14-19)26(34)32-30(37-2)28(36)33-24(23(17-31)18-38-29(30)33)27(35)39-25(20-9-5-3-6-10-20)21-11-7-4-8-12-21/h3-16,25,29H,17-18H2,1-2H3,(H,32,34)/t29?,30-/m0/s1. The van der Waals surface area contributed by atoms with Crippen molar-refractivity contribution in [2.24, 2.45) is 0 Å². The Bertz CT molecular complexity index is 1370. The van der Waals surface area contributed by atoms with Gasteiger partial charge in [-0.25, -0.2) is 4.79 Å². The van der Waals surface area contributed by atoms with Crippen LogP contribution in [0.5, 0.6) is 0 Å². The summed E-state index contributed by atoms with van der Waals surface area (Å²) in [6.45, 7) is 1.86. The highest BCUT2D eigenvalue weighted by Gasteiger charge is 2.67. The Morgan fingerprint density at radius 3 is 2.15 bits per heavy atom. The van der Waals surface area contributed by atoms with Crippen molar-refractivity contribution in [2.75, 3.05) is 19.6 Å². The minimum absolute atomic E-state index is 0.0135. The van der Waals surface area contributed by atoms with E-state index in [-0.39, 0.29) is 18.2 Å². The average Bonchev–Trinajstić information content (AvgIpc) is 2.98. The van der Waals surface area contributed by atoms with Crippen molar-refractivity contribution in [1.29, 1.82) is 0 Å². The highest BCUT2D eigenvalue weighted by Crippen LogP contribution is 2.42. The summed E-state index contributed by atoms with van der Waals surface area (Å²) < 4.78 is 17.4. The van der Waals surface area contributed by atoms with Gasteiger partial charge in [-0.3, -0.25) is 14.5 Å². The molecule has 2 heterocycles. The van der Waals surface area contributed by atoms with Crippen LogP contribution in [0, 0.1) is 6.92 Å². The van der Waals surface area contributed by atoms with Crippen molar-refractivity contribution >= 4 is 29.4 Å². The Balaban J connectivity index is 1.43. The maximum absolute atomic E-state index is 13.7. The molecule has 0 aliphatic carbocycles. The molecule has 9 heteroatoms. The third kappa shape index (κ3) is 4.83. The number of benzene rings is 3. The summed E-state index contributed by atoms with van der Waals surface area (Å²) in [5, 5.41) is 2.66. The first-order valence-corrected chi connectivity index (χ1v) is 12.9. The number of carbonyl (C=O) groups excluding carboxylic acids is 3. The molecule has 0 saturated carbocycles. The predicted molar refractivity (Wildman–Crippen MR) is 144 cm³/mol. The number of nitrogens with zero attached hydrogens (tertiary/aromatic N) is 1. The lowest BCUT2D eigenvalue weighted by Gasteiger charge is -2.55. The molecule has 5 rings (SSSR count). The number of β-lactam (4-membered cyclic amide) rings is 1. The molecule has 0 spiro atoms. The van der Waals surface area contributed by atoms with Crippen molar-refractivity contribution in [3.63, 3.8) is 0 Å². The summed E-state index contributed by atoms with van der Waals surface area (Å²) in [6, 6.07) is 25.5. The van der Waals surface area contributed by atoms with Gasteiger partial charge in [0, 0.05) is 24.1 Å². The van der Waals surface area contributed by atoms with Crippen LogP contribution in [0.2, 0.25) is 0 Å². The largest absolute Gasteiger partial charge is 0.448 e. The van der Waals surface area contributed by atoms with Crippen molar-refractivity contribution < 1.29 is 28.6 Å². The molecule has 0 bridgehead atoms. The van der Waals surface area contributed by atoms with E-state index in [4.69, 9.17) is 25.8 Å². The highest BCUT2D eigenvalue weighted by atomic mass is 35.5. The molecular formula is C30H27ClN2O6. The second kappa shape index (κ2) is 11.0. The van der Waals surface area contributed by atoms with Gasteiger partial charge in [-0.15, -0.1) is 11.6 Å². The maximum atomic E-state index is 13.7. The number of carbonyl (C=O) groups is 3. The number of esters is 1. The number of hydrogen-bond acceptors (Lipinski definition) is 6. The van der Waals surface area contributed by atoms with Gasteiger partial charge in [-0.2, -0.15) is 0 Å². The molecule has 8 nitrogen and oxygen atoms in total. The molecule has 1 fully saturated rings. The summed E-state index contributed by atoms with van der Waals surface area (Å²) >= 11 is 6.17. The number of methoxy groups -OCH3 is 1. The molecule has 2 amide bonds. The smallest absolute Gasteiger partial charge is 0.356 e. The minimum atomic E-state index is -1.82. The first-order valence-electron chi connectivity index (χ1n) is 12.4. The van der Waals surface area contributed by atoms with Crippen molar-refractivity contribution in [1.82, 2.24) is 10.2 Å². The molecule has 2 atom stereocenters. The number of hydrogen-bond donors (Lipinski definition) is 1. The van der Waals surface area contributed by atoms with Crippen molar-refractivity contribution in [2.45, 2.75) is 25.0 Å². The van der Waals surface area contributed by atoms with Crippen LogP contribution in [0.15, 0.2) is 96.2 Å². The summed E-state index contributed by atoms with van der Waals surface area (Å²) in [4.78, 5) is 41.5. The minimum Gasteiger partial charge on any atom is -0.448 e. The van der Waals surface area contributed by atoms with E-state index in [0.717, 1.165) is 21.6 Å². The van der Waals surface area contributed by atoms with Crippen LogP contribution >= 0.6 is 11.6 Å². The summed E-state index contributed by atoms with van der Waals surface area (Å²) in [5.41, 5.74) is 1.43. The van der Waals surface area contributed by atoms with Gasteiger partial charge in [0.25, 0.3) is 17.5 Å². The SMILES string of the molecule is CO[C@@]1(NC(=O)c2ccc(C)cc2)C(=O)N2C(C(=O)OC(c3ccccc3)c3ccccc3)=C(CCl)COC21. The first kappa shape index (κ1) is 26.6. The first-order chi connectivity index (χ1) is 18.9. The van der Waals surface area contributed by atoms with E-state index in [2.05, 4.69) is 5.32 Å². The fraction of sp³-hybridized carbons (Fsp3) is 0.233. The molecule has 1 unspecified atom stereocenters. The molecule has 39 heavy (non-hydrogen) atoms. The zero-order chi connectivity index (χ0) is 27.6. The summed E-state index contributed by atoms with van der Waals surface area (Å²) in [7, 11) is 1.30. The van der Waals surface area contributed by atoms with E-state index in [1.54, 1.807) is 24.3 Å². The second-order valence-electron chi connectivity index (χ2n) is 9.29. The highest BCUT2D eigenvalue weighted by molar-refractivity contribution is 6.20. The lowest BCUT2D eigenvalue weighted by atomic mass is 9.93. The van der Waals surface area contributed by atoms with E-state index < -0.39 is 35.8 Å². The van der Waals surface area contributed by atoms with Gasteiger partial charge in [-0.1, -0.05) is 78.4 Å². The molecule has 2 aliphatic heterocycles. The average molecular weight is 547 g/mol. The zero-order valence-electron chi connectivity index (χ0n) is 21.4. The van der Waals surface area contributed by atoms with Crippen LogP contribution in [0.1, 0.15) is 33.2 Å². The number of fused-ring (bicyclic) bond motifs is 1. The number of amides is 2. The van der Waals surface area contributed by atoms with E-state index in [9.17, 15) is 14.4 Å². The van der Waals surface area contributed by atoms with Crippen LogP contribution < -0.4 is 5.32 Å². The molecule has 0 aromatic heterocycles. The van der Waals surface area contributed by atoms with Crippen molar-refractivity contribution in [3.05, 3.63) is 118 Å². The van der Waals surface area contributed by atoms with E-state index >= 15 is 0 Å². The Morgan fingerprint density at radius 1 is 1.03 bits per heavy atom. The molecule has 200 valence electrons. The number of halogens is 1. The van der Waals surface area contributed by atoms with Crippen LogP contribution in [-0.4, -0.2) is 54.2 Å². The number of rotatable bonds is 8. The molecule has 0 radical (unpaired) electrons. The summed E-state index contributed by atoms with van der Waals surface area (Å²) in [6.07, 6.45) is -1.82. The van der Waals surface area contributed by atoms with Gasteiger partial charge in [-0.05, 0) is 30.2 Å². The number of ether oxygens (including phenoxy) is 3. The zero-order valence-corrected chi connectivity index (χ0v) is 22.2. The fourth-order valence-corrected chi connectivity index (χ4v) is 4.93. The van der Waals surface area contributed by atoms with Gasteiger partial charge >= 0.3 is 5.97 Å². The fourth-order valence-electron chi connectivity index (χ4n) is 4.73. The molecule has 1 N–H and O–H groups in total. The normalized spacial score (nSPS) is 20.4. The quantitative estimate of drug-likeness (QED) is 0.198. The van der Waals surface area contributed by atoms with Crippen LogP contribution in [-0.2, 0) is 23.8 Å². The number of nitrogens with one attached hydrogen (secondary N) is 1. The van der Waals surface area contributed by atoms with Gasteiger partial charge in [0.2, 0.25) is 0 Å². The van der Waals surface area contributed by atoms with Crippen LogP contribution in [0.25, 0.3) is 0 Å². The third-order valence-electron chi connectivity index (χ3n) is 6.83. The number of aryl methyl sites for hydroxylation is 1. The Labute approximate surface area is 231 Å². The topological polar surface area (TPSA) is 94.2 Å². The lowest BCUT2D eigenvalue weighted by Crippen LogP contribution is -2.82. The van der Waals surface area contributed by atoms with Crippen LogP contribution in [0.4, 0.5) is 0 Å². The molecule has 1 saturated heterocycles. The van der Waals surface area contributed by atoms with Gasteiger partial charge in [0.1, 0.15) is 5.70 Å². The van der Waals surface area contributed by atoms with Crippen molar-refractivity contribution in [3.8, 4) is 0 Å². The third-order valence-corrected chi connectivity index (χ3v) is 7.15. The second-order valence-corrected chi connectivity index (χ2v) is 9.56. The van der Waals surface area contributed by atoms with Crippen LogP contribution in [0.3, 0.4) is 0 Å². The van der Waals surface area contributed by atoms with Gasteiger partial charge in [0.15, 0.2) is 12.3 Å². The summed E-state index contributed by atoms with van der Waals surface area (Å²) in [5.74, 6) is -1.98. The van der Waals surface area contributed by atoms with Gasteiger partial charge in [0.05, 0.1) is 6.61 Å². The van der Waals surface area contributed by atoms with E-state index in [1.165, 1.54) is 7.11 Å². The number of alkyl halides is 1. The Morgan fingerprint density at radius 2 is 1.62 bits per heavy atom. The molecular weight excluding hydrogens is 520 g/mol. The maximum Gasteiger partial charge on any atom is 0.356 e. The van der Waals surface area contributed by atoms with E-state index in [1.807, 2.05) is 67.6 Å². The Hall–Kier alpha value is -3.98. The predicted octanol–water partition coefficient (Wildman–Crippen LogP) is 4.09. The molecule has 3 aromatic carbocycles. The lowest BCUT2D eigenvalue weighted by molar-refractivity contribution is -0.256. The van der Waals surface area contributed by atoms with E-state index in [0.29, 0.717) is 11.1 Å². The molecule has 2 aliphatic rings. The molecule has 3 aromatic rings.